The molecular weight excluding hydrogens is 480 g/mol. The quantitative estimate of drug-likeness (QED) is 0.342. The van der Waals surface area contributed by atoms with E-state index in [1.165, 1.54) is 37.8 Å². The molecule has 29 heavy (non-hydrogen) atoms. The molecule has 1 saturated heterocycles. The fourth-order valence-electron chi connectivity index (χ4n) is 3.34. The molecule has 2 aromatic rings. The highest BCUT2D eigenvalue weighted by atomic mass is 127. The fraction of sp³-hybridized carbons (Fsp3) is 0.455. The third-order valence-electron chi connectivity index (χ3n) is 4.85. The van der Waals surface area contributed by atoms with Crippen LogP contribution in [-0.2, 0) is 13.1 Å². The predicted octanol–water partition coefficient (Wildman–Crippen LogP) is 4.47. The Bertz CT molecular complexity index is 758. The Labute approximate surface area is 190 Å². The van der Waals surface area contributed by atoms with E-state index in [-0.39, 0.29) is 29.8 Å². The summed E-state index contributed by atoms with van der Waals surface area (Å²) in [5.41, 5.74) is 1.95. The van der Waals surface area contributed by atoms with Gasteiger partial charge < -0.3 is 15.5 Å². The van der Waals surface area contributed by atoms with Gasteiger partial charge in [0.05, 0.1) is 6.54 Å². The van der Waals surface area contributed by atoms with Crippen LogP contribution in [0.15, 0.2) is 47.6 Å². The van der Waals surface area contributed by atoms with Crippen molar-refractivity contribution < 1.29 is 4.39 Å². The third-order valence-corrected chi connectivity index (χ3v) is 4.85. The molecule has 1 aromatic heterocycles. The first-order valence-corrected chi connectivity index (χ1v) is 10.2. The van der Waals surface area contributed by atoms with Crippen LogP contribution < -0.4 is 15.5 Å². The molecule has 3 rings (SSSR count). The Morgan fingerprint density at radius 1 is 1.07 bits per heavy atom. The number of halogens is 2. The van der Waals surface area contributed by atoms with E-state index in [0.717, 1.165) is 36.6 Å². The standard InChI is InChI=1S/C22H30FN5.HI/c1-2-24-22(26-15-18-8-7-9-20(23)14-18)27-17-19-10-11-21(25-16-19)28-12-5-3-4-6-13-28;/h7-11,14,16H,2-6,12-13,15,17H2,1H3,(H2,24,26,27);1H. The van der Waals surface area contributed by atoms with Gasteiger partial charge in [-0.2, -0.15) is 0 Å². The van der Waals surface area contributed by atoms with Gasteiger partial charge in [0, 0.05) is 32.4 Å². The number of hydrogen-bond acceptors (Lipinski definition) is 3. The molecule has 0 atom stereocenters. The van der Waals surface area contributed by atoms with Gasteiger partial charge in [-0.05, 0) is 49.1 Å². The summed E-state index contributed by atoms with van der Waals surface area (Å²) >= 11 is 0. The van der Waals surface area contributed by atoms with Crippen LogP contribution >= 0.6 is 24.0 Å². The Balaban J connectivity index is 0.00000300. The Morgan fingerprint density at radius 3 is 2.52 bits per heavy atom. The second kappa shape index (κ2) is 12.6. The van der Waals surface area contributed by atoms with Crippen molar-refractivity contribution in [3.8, 4) is 0 Å². The van der Waals surface area contributed by atoms with Crippen molar-refractivity contribution in [1.29, 1.82) is 0 Å². The van der Waals surface area contributed by atoms with Crippen LogP contribution in [0.1, 0.15) is 43.7 Å². The summed E-state index contributed by atoms with van der Waals surface area (Å²) in [6.45, 7) is 6.05. The number of nitrogens with zero attached hydrogens (tertiary/aromatic N) is 3. The fourth-order valence-corrected chi connectivity index (χ4v) is 3.34. The minimum Gasteiger partial charge on any atom is -0.357 e. The molecule has 0 spiro atoms. The molecule has 0 aliphatic carbocycles. The van der Waals surface area contributed by atoms with E-state index in [9.17, 15) is 4.39 Å². The van der Waals surface area contributed by atoms with E-state index in [1.54, 1.807) is 6.07 Å². The molecule has 1 aliphatic heterocycles. The molecule has 1 fully saturated rings. The van der Waals surface area contributed by atoms with Crippen LogP contribution in [0.2, 0.25) is 0 Å². The Morgan fingerprint density at radius 2 is 1.86 bits per heavy atom. The van der Waals surface area contributed by atoms with Crippen molar-refractivity contribution in [2.45, 2.75) is 45.7 Å². The van der Waals surface area contributed by atoms with Crippen LogP contribution in [0.3, 0.4) is 0 Å². The molecule has 0 saturated carbocycles. The Hall–Kier alpha value is -1.90. The summed E-state index contributed by atoms with van der Waals surface area (Å²) in [4.78, 5) is 11.7. The average molecular weight is 511 g/mol. The van der Waals surface area contributed by atoms with Crippen molar-refractivity contribution in [2.75, 3.05) is 24.5 Å². The number of aromatic nitrogens is 1. The topological polar surface area (TPSA) is 52.6 Å². The van der Waals surface area contributed by atoms with Crippen LogP contribution in [0, 0.1) is 5.82 Å². The normalized spacial score (nSPS) is 14.7. The smallest absolute Gasteiger partial charge is 0.191 e. The van der Waals surface area contributed by atoms with Gasteiger partial charge in [-0.15, -0.1) is 24.0 Å². The number of anilines is 1. The first-order valence-electron chi connectivity index (χ1n) is 10.2. The van der Waals surface area contributed by atoms with Gasteiger partial charge in [-0.3, -0.25) is 0 Å². The van der Waals surface area contributed by atoms with E-state index >= 15 is 0 Å². The zero-order valence-electron chi connectivity index (χ0n) is 17.0. The number of aliphatic imine (C=N–C) groups is 1. The highest BCUT2D eigenvalue weighted by Gasteiger charge is 2.10. The molecule has 158 valence electrons. The molecule has 0 unspecified atom stereocenters. The van der Waals surface area contributed by atoms with Gasteiger partial charge in [0.1, 0.15) is 11.6 Å². The highest BCUT2D eigenvalue weighted by Crippen LogP contribution is 2.17. The summed E-state index contributed by atoms with van der Waals surface area (Å²) in [5.74, 6) is 1.55. The number of pyridine rings is 1. The number of hydrogen-bond donors (Lipinski definition) is 2. The summed E-state index contributed by atoms with van der Waals surface area (Å²) in [6, 6.07) is 10.8. The van der Waals surface area contributed by atoms with Gasteiger partial charge in [0.25, 0.3) is 0 Å². The molecule has 0 amide bonds. The van der Waals surface area contributed by atoms with Crippen molar-refractivity contribution in [1.82, 2.24) is 15.6 Å². The van der Waals surface area contributed by atoms with E-state index in [1.807, 2.05) is 19.2 Å². The molecule has 5 nitrogen and oxygen atoms in total. The van der Waals surface area contributed by atoms with E-state index in [2.05, 4.69) is 37.6 Å². The second-order valence-corrected chi connectivity index (χ2v) is 7.10. The molecular formula is C22H31FIN5. The van der Waals surface area contributed by atoms with E-state index in [4.69, 9.17) is 0 Å². The lowest BCUT2D eigenvalue weighted by Crippen LogP contribution is -2.36. The summed E-state index contributed by atoms with van der Waals surface area (Å²) < 4.78 is 13.3. The maximum Gasteiger partial charge on any atom is 0.191 e. The predicted molar refractivity (Wildman–Crippen MR) is 128 cm³/mol. The first kappa shape index (κ1) is 23.4. The first-order chi connectivity index (χ1) is 13.7. The minimum atomic E-state index is -0.225. The monoisotopic (exact) mass is 511 g/mol. The highest BCUT2D eigenvalue weighted by molar-refractivity contribution is 14.0. The van der Waals surface area contributed by atoms with Gasteiger partial charge in [0.15, 0.2) is 5.96 Å². The summed E-state index contributed by atoms with van der Waals surface area (Å²) in [5, 5.41) is 6.47. The molecule has 1 aliphatic rings. The largest absolute Gasteiger partial charge is 0.357 e. The molecule has 7 heteroatoms. The maximum absolute atomic E-state index is 13.3. The zero-order valence-corrected chi connectivity index (χ0v) is 19.4. The van der Waals surface area contributed by atoms with Gasteiger partial charge in [-0.1, -0.05) is 31.0 Å². The van der Waals surface area contributed by atoms with E-state index < -0.39 is 0 Å². The van der Waals surface area contributed by atoms with Crippen LogP contribution in [0.4, 0.5) is 10.2 Å². The van der Waals surface area contributed by atoms with Crippen molar-refractivity contribution in [2.24, 2.45) is 4.99 Å². The number of nitrogens with one attached hydrogen (secondary N) is 2. The number of rotatable bonds is 6. The van der Waals surface area contributed by atoms with Gasteiger partial charge >= 0.3 is 0 Å². The van der Waals surface area contributed by atoms with E-state index in [0.29, 0.717) is 19.0 Å². The second-order valence-electron chi connectivity index (χ2n) is 7.10. The molecule has 1 aromatic carbocycles. The van der Waals surface area contributed by atoms with Crippen LogP contribution in [0.25, 0.3) is 0 Å². The summed E-state index contributed by atoms with van der Waals surface area (Å²) in [7, 11) is 0. The minimum absolute atomic E-state index is 0. The van der Waals surface area contributed by atoms with Gasteiger partial charge in [0.2, 0.25) is 0 Å². The Kier molecular flexibility index (Phi) is 10.2. The molecule has 0 radical (unpaired) electrons. The SMILES string of the molecule is CCNC(=NCc1ccc(N2CCCCCC2)nc1)NCc1cccc(F)c1.I. The zero-order chi connectivity index (χ0) is 19.6. The molecule has 2 heterocycles. The lowest BCUT2D eigenvalue weighted by molar-refractivity contribution is 0.624. The number of guanidine groups is 1. The lowest BCUT2D eigenvalue weighted by Gasteiger charge is -2.21. The van der Waals surface area contributed by atoms with Crippen molar-refractivity contribution in [3.63, 3.8) is 0 Å². The maximum atomic E-state index is 13.3. The van der Waals surface area contributed by atoms with Crippen LogP contribution in [-0.4, -0.2) is 30.6 Å². The van der Waals surface area contributed by atoms with Crippen LogP contribution in [0.5, 0.6) is 0 Å². The van der Waals surface area contributed by atoms with Crippen molar-refractivity contribution >= 4 is 35.8 Å². The van der Waals surface area contributed by atoms with Gasteiger partial charge in [-0.25, -0.2) is 14.4 Å². The molecule has 0 bridgehead atoms. The molecule has 2 N–H and O–H groups in total. The average Bonchev–Trinajstić information content (AvgIpc) is 3.00. The lowest BCUT2D eigenvalue weighted by atomic mass is 10.2. The third kappa shape index (κ3) is 7.79. The van der Waals surface area contributed by atoms with Crippen molar-refractivity contribution in [3.05, 3.63) is 59.5 Å². The summed E-state index contributed by atoms with van der Waals surface area (Å²) in [6.07, 6.45) is 7.05. The number of benzene rings is 1.